The number of anilines is 1. The average Bonchev–Trinajstić information content (AvgIpc) is 2.43. The van der Waals surface area contributed by atoms with Crippen LogP contribution in [-0.4, -0.2) is 37.2 Å². The van der Waals surface area contributed by atoms with Crippen LogP contribution in [0.25, 0.3) is 0 Å². The van der Waals surface area contributed by atoms with E-state index in [9.17, 15) is 0 Å². The Morgan fingerprint density at radius 1 is 1.25 bits per heavy atom. The summed E-state index contributed by atoms with van der Waals surface area (Å²) in [4.78, 5) is 2.17. The summed E-state index contributed by atoms with van der Waals surface area (Å²) in [7, 11) is 4.16. The first-order chi connectivity index (χ1) is 9.52. The fourth-order valence-corrected chi connectivity index (χ4v) is 2.12. The van der Waals surface area contributed by atoms with Gasteiger partial charge in [0.05, 0.1) is 0 Å². The van der Waals surface area contributed by atoms with E-state index in [4.69, 9.17) is 12.2 Å². The van der Waals surface area contributed by atoms with Gasteiger partial charge in [-0.05, 0) is 69.3 Å². The second-order valence-corrected chi connectivity index (χ2v) is 5.88. The summed E-state index contributed by atoms with van der Waals surface area (Å²) in [6.07, 6.45) is 2.25. The largest absolute Gasteiger partial charge is 0.362 e. The molecule has 2 N–H and O–H groups in total. The second kappa shape index (κ2) is 8.93. The molecule has 1 aromatic carbocycles. The third-order valence-electron chi connectivity index (χ3n) is 3.42. The van der Waals surface area contributed by atoms with Gasteiger partial charge in [0.1, 0.15) is 0 Å². The van der Waals surface area contributed by atoms with Crippen molar-refractivity contribution in [1.82, 2.24) is 10.2 Å². The third kappa shape index (κ3) is 6.35. The molecule has 0 saturated heterocycles. The molecule has 3 nitrogen and oxygen atoms in total. The highest BCUT2D eigenvalue weighted by Gasteiger charge is 2.03. The Bertz CT molecular complexity index is 401. The molecule has 0 unspecified atom stereocenters. The summed E-state index contributed by atoms with van der Waals surface area (Å²) < 4.78 is 0. The van der Waals surface area contributed by atoms with Gasteiger partial charge < -0.3 is 15.5 Å². The van der Waals surface area contributed by atoms with Gasteiger partial charge in [0, 0.05) is 12.2 Å². The van der Waals surface area contributed by atoms with Crippen LogP contribution in [-0.2, 0) is 0 Å². The zero-order valence-electron chi connectivity index (χ0n) is 13.1. The van der Waals surface area contributed by atoms with Crippen LogP contribution in [0.1, 0.15) is 38.2 Å². The standard InChI is InChI=1S/C16H27N3S/c1-5-13(2)14-7-9-15(10-8-14)18-16(20)17-11-6-12-19(3)4/h7-10,13H,5-6,11-12H2,1-4H3,(H2,17,18,20)/t13-/m1/s1. The lowest BCUT2D eigenvalue weighted by Gasteiger charge is -2.14. The molecular weight excluding hydrogens is 266 g/mol. The molecule has 1 rings (SSSR count). The van der Waals surface area contributed by atoms with Gasteiger partial charge in [-0.25, -0.2) is 0 Å². The van der Waals surface area contributed by atoms with Crippen LogP contribution in [0.4, 0.5) is 5.69 Å². The number of nitrogens with one attached hydrogen (secondary N) is 2. The zero-order valence-corrected chi connectivity index (χ0v) is 13.9. The Kier molecular flexibility index (Phi) is 7.55. The number of thiocarbonyl (C=S) groups is 1. The summed E-state index contributed by atoms with van der Waals surface area (Å²) in [5.41, 5.74) is 2.42. The first kappa shape index (κ1) is 16.9. The van der Waals surface area contributed by atoms with Gasteiger partial charge in [0.2, 0.25) is 0 Å². The summed E-state index contributed by atoms with van der Waals surface area (Å²) in [5, 5.41) is 7.14. The molecule has 0 aliphatic heterocycles. The van der Waals surface area contributed by atoms with Crippen LogP contribution in [0.3, 0.4) is 0 Å². The smallest absolute Gasteiger partial charge is 0.170 e. The predicted octanol–water partition coefficient (Wildman–Crippen LogP) is 3.44. The van der Waals surface area contributed by atoms with Gasteiger partial charge in [-0.3, -0.25) is 0 Å². The van der Waals surface area contributed by atoms with Gasteiger partial charge in [0.15, 0.2) is 5.11 Å². The van der Waals surface area contributed by atoms with E-state index in [0.717, 1.165) is 25.2 Å². The Labute approximate surface area is 128 Å². The maximum absolute atomic E-state index is 5.29. The van der Waals surface area contributed by atoms with E-state index in [-0.39, 0.29) is 0 Å². The highest BCUT2D eigenvalue weighted by Crippen LogP contribution is 2.20. The summed E-state index contributed by atoms with van der Waals surface area (Å²) in [6.45, 7) is 6.43. The molecule has 0 saturated carbocycles. The highest BCUT2D eigenvalue weighted by atomic mass is 32.1. The molecule has 0 radical (unpaired) electrons. The minimum absolute atomic E-state index is 0.611. The molecule has 0 heterocycles. The van der Waals surface area contributed by atoms with E-state index in [1.54, 1.807) is 0 Å². The second-order valence-electron chi connectivity index (χ2n) is 5.47. The van der Waals surface area contributed by atoms with E-state index in [1.807, 2.05) is 0 Å². The van der Waals surface area contributed by atoms with E-state index < -0.39 is 0 Å². The lowest BCUT2D eigenvalue weighted by Crippen LogP contribution is -2.30. The van der Waals surface area contributed by atoms with Crippen molar-refractivity contribution in [3.8, 4) is 0 Å². The summed E-state index contributed by atoms with van der Waals surface area (Å²) in [6, 6.07) is 8.53. The third-order valence-corrected chi connectivity index (χ3v) is 3.66. The first-order valence-electron chi connectivity index (χ1n) is 7.32. The van der Waals surface area contributed by atoms with Crippen LogP contribution < -0.4 is 10.6 Å². The highest BCUT2D eigenvalue weighted by molar-refractivity contribution is 7.80. The topological polar surface area (TPSA) is 27.3 Å². The molecule has 112 valence electrons. The van der Waals surface area contributed by atoms with Crippen molar-refractivity contribution in [3.63, 3.8) is 0 Å². The number of rotatable bonds is 7. The Morgan fingerprint density at radius 3 is 2.45 bits per heavy atom. The lowest BCUT2D eigenvalue weighted by molar-refractivity contribution is 0.400. The predicted molar refractivity (Wildman–Crippen MR) is 92.5 cm³/mol. The molecule has 0 aliphatic carbocycles. The molecule has 0 amide bonds. The monoisotopic (exact) mass is 293 g/mol. The average molecular weight is 293 g/mol. The Balaban J connectivity index is 2.35. The lowest BCUT2D eigenvalue weighted by atomic mass is 9.99. The number of nitrogens with zero attached hydrogens (tertiary/aromatic N) is 1. The summed E-state index contributed by atoms with van der Waals surface area (Å²) in [5.74, 6) is 0.611. The molecule has 0 spiro atoms. The number of hydrogen-bond donors (Lipinski definition) is 2. The van der Waals surface area contributed by atoms with E-state index in [2.05, 4.69) is 67.7 Å². The van der Waals surface area contributed by atoms with Crippen molar-refractivity contribution in [2.45, 2.75) is 32.6 Å². The normalized spacial score (nSPS) is 12.2. The fraction of sp³-hybridized carbons (Fsp3) is 0.562. The van der Waals surface area contributed by atoms with Crippen LogP contribution in [0.2, 0.25) is 0 Å². The van der Waals surface area contributed by atoms with Gasteiger partial charge in [0.25, 0.3) is 0 Å². The molecule has 0 fully saturated rings. The van der Waals surface area contributed by atoms with Crippen molar-refractivity contribution in [2.24, 2.45) is 0 Å². The van der Waals surface area contributed by atoms with Gasteiger partial charge in [-0.15, -0.1) is 0 Å². The van der Waals surface area contributed by atoms with Crippen LogP contribution in [0, 0.1) is 0 Å². The summed E-state index contributed by atoms with van der Waals surface area (Å²) >= 11 is 5.29. The first-order valence-corrected chi connectivity index (χ1v) is 7.73. The molecule has 4 heteroatoms. The molecule has 1 atom stereocenters. The fourth-order valence-electron chi connectivity index (χ4n) is 1.90. The molecular formula is C16H27N3S. The van der Waals surface area contributed by atoms with Gasteiger partial charge in [-0.2, -0.15) is 0 Å². The van der Waals surface area contributed by atoms with Crippen molar-refractivity contribution in [3.05, 3.63) is 29.8 Å². The maximum Gasteiger partial charge on any atom is 0.170 e. The van der Waals surface area contributed by atoms with Gasteiger partial charge >= 0.3 is 0 Å². The van der Waals surface area contributed by atoms with Gasteiger partial charge in [-0.1, -0.05) is 26.0 Å². The van der Waals surface area contributed by atoms with E-state index in [0.29, 0.717) is 11.0 Å². The van der Waals surface area contributed by atoms with Crippen LogP contribution in [0.15, 0.2) is 24.3 Å². The van der Waals surface area contributed by atoms with Crippen LogP contribution in [0.5, 0.6) is 0 Å². The van der Waals surface area contributed by atoms with Crippen molar-refractivity contribution in [1.29, 1.82) is 0 Å². The molecule has 1 aromatic rings. The minimum Gasteiger partial charge on any atom is -0.362 e. The van der Waals surface area contributed by atoms with E-state index >= 15 is 0 Å². The minimum atomic E-state index is 0.611. The van der Waals surface area contributed by atoms with E-state index in [1.165, 1.54) is 12.0 Å². The molecule has 0 aromatic heterocycles. The van der Waals surface area contributed by atoms with Crippen LogP contribution >= 0.6 is 12.2 Å². The zero-order chi connectivity index (χ0) is 15.0. The van der Waals surface area contributed by atoms with Crippen molar-refractivity contribution in [2.75, 3.05) is 32.5 Å². The SMILES string of the molecule is CC[C@@H](C)c1ccc(NC(=S)NCCCN(C)C)cc1. The molecule has 20 heavy (non-hydrogen) atoms. The number of benzene rings is 1. The molecule has 0 bridgehead atoms. The maximum atomic E-state index is 5.29. The Morgan fingerprint density at radius 2 is 1.90 bits per heavy atom. The quantitative estimate of drug-likeness (QED) is 0.595. The van der Waals surface area contributed by atoms with Crippen molar-refractivity contribution < 1.29 is 0 Å². The molecule has 0 aliphatic rings. The number of hydrogen-bond acceptors (Lipinski definition) is 2. The van der Waals surface area contributed by atoms with Crippen molar-refractivity contribution >= 4 is 23.0 Å². The Hall–Kier alpha value is -1.13.